The zero-order valence-corrected chi connectivity index (χ0v) is 3.88. The van der Waals surface area contributed by atoms with E-state index in [1.54, 1.807) is 0 Å². The summed E-state index contributed by atoms with van der Waals surface area (Å²) >= 11 is 0. The van der Waals surface area contributed by atoms with Gasteiger partial charge < -0.3 is 10.5 Å². The topological polar surface area (TPSA) is 69.4 Å². The minimum Gasteiger partial charge on any atom is -0.426 e. The van der Waals surface area contributed by atoms with Gasteiger partial charge in [0.15, 0.2) is 0 Å². The van der Waals surface area contributed by atoms with Crippen LogP contribution in [0, 0.1) is 0 Å². The molecule has 4 heteroatoms. The highest BCUT2D eigenvalue weighted by Gasteiger charge is 2.23. The quantitative estimate of drug-likeness (QED) is 0.320. The average molecular weight is 113 g/mol. The highest BCUT2D eigenvalue weighted by Crippen LogP contribution is 1.99. The molecule has 0 aromatic heterocycles. The molecule has 42 valence electrons. The molecular formula is C4H3NO3. The summed E-state index contributed by atoms with van der Waals surface area (Å²) in [6.07, 6.45) is 0.935. The van der Waals surface area contributed by atoms with E-state index >= 15 is 0 Å². The Balaban J connectivity index is 2.89. The molecule has 8 heavy (non-hydrogen) atoms. The maximum atomic E-state index is 10.2. The van der Waals surface area contributed by atoms with Gasteiger partial charge in [-0.05, 0) is 0 Å². The minimum absolute atomic E-state index is 0.130. The Labute approximate surface area is 44.9 Å². The summed E-state index contributed by atoms with van der Waals surface area (Å²) in [5.41, 5.74) is 4.80. The fraction of sp³-hybridized carbons (Fsp3) is 0. The largest absolute Gasteiger partial charge is 0.426 e. The van der Waals surface area contributed by atoms with Gasteiger partial charge in [-0.3, -0.25) is 4.79 Å². The van der Waals surface area contributed by atoms with Crippen LogP contribution in [0.2, 0.25) is 0 Å². The molecule has 0 spiro atoms. The third-order valence-corrected chi connectivity index (χ3v) is 0.741. The summed E-state index contributed by atoms with van der Waals surface area (Å²) in [5, 5.41) is 0. The van der Waals surface area contributed by atoms with E-state index in [1.165, 1.54) is 0 Å². The first kappa shape index (κ1) is 4.83. The second-order valence-corrected chi connectivity index (χ2v) is 1.31. The number of cyclic esters (lactones) is 1. The molecule has 0 aromatic rings. The molecule has 1 aliphatic heterocycles. The number of carbonyl (C=O) groups is 2. The molecule has 0 fully saturated rings. The number of carbonyl (C=O) groups excluding carboxylic acids is 2. The van der Waals surface area contributed by atoms with Crippen LogP contribution in [0.25, 0.3) is 0 Å². The smallest absolute Gasteiger partial charge is 0.386 e. The van der Waals surface area contributed by atoms with Crippen LogP contribution in [0.4, 0.5) is 0 Å². The fourth-order valence-electron chi connectivity index (χ4n) is 0.342. The van der Waals surface area contributed by atoms with Gasteiger partial charge in [0.05, 0.1) is 0 Å². The molecule has 0 unspecified atom stereocenters. The van der Waals surface area contributed by atoms with Crippen molar-refractivity contribution < 1.29 is 14.3 Å². The van der Waals surface area contributed by atoms with Crippen molar-refractivity contribution in [3.8, 4) is 0 Å². The molecule has 4 nitrogen and oxygen atoms in total. The van der Waals surface area contributed by atoms with E-state index in [0.29, 0.717) is 0 Å². The molecule has 2 N–H and O–H groups in total. The first-order valence-corrected chi connectivity index (χ1v) is 1.93. The Hall–Kier alpha value is -1.32. The lowest BCUT2D eigenvalue weighted by Gasteiger charge is -1.79. The van der Waals surface area contributed by atoms with Crippen LogP contribution in [0.1, 0.15) is 0 Å². The highest BCUT2D eigenvalue weighted by molar-refractivity contribution is 6.41. The third-order valence-electron chi connectivity index (χ3n) is 0.741. The van der Waals surface area contributed by atoms with Gasteiger partial charge in [-0.1, -0.05) is 0 Å². The van der Waals surface area contributed by atoms with Gasteiger partial charge in [0.2, 0.25) is 0 Å². The molecule has 0 aromatic carbocycles. The summed E-state index contributed by atoms with van der Waals surface area (Å²) in [5.74, 6) is -1.66. The van der Waals surface area contributed by atoms with Crippen molar-refractivity contribution in [2.24, 2.45) is 5.73 Å². The van der Waals surface area contributed by atoms with Crippen molar-refractivity contribution in [3.63, 3.8) is 0 Å². The number of nitrogens with two attached hydrogens (primary N) is 1. The van der Waals surface area contributed by atoms with Crippen LogP contribution in [0.3, 0.4) is 0 Å². The third kappa shape index (κ3) is 0.465. The van der Waals surface area contributed by atoms with Gasteiger partial charge in [0.25, 0.3) is 5.78 Å². The van der Waals surface area contributed by atoms with Crippen molar-refractivity contribution in [1.29, 1.82) is 0 Å². The Morgan fingerprint density at radius 3 is 2.25 bits per heavy atom. The Morgan fingerprint density at radius 2 is 2.12 bits per heavy atom. The van der Waals surface area contributed by atoms with Crippen LogP contribution in [0.5, 0.6) is 0 Å². The second-order valence-electron chi connectivity index (χ2n) is 1.31. The predicted molar refractivity (Wildman–Crippen MR) is 23.4 cm³/mol. The molecular weight excluding hydrogens is 110 g/mol. The Bertz CT molecular complexity index is 182. The van der Waals surface area contributed by atoms with Crippen molar-refractivity contribution >= 4 is 11.8 Å². The molecule has 0 atom stereocenters. The van der Waals surface area contributed by atoms with Crippen LogP contribution < -0.4 is 5.73 Å². The molecule has 0 radical (unpaired) electrons. The number of Topliss-reactive ketones (excluding diaryl/α,β-unsaturated/α-hetero) is 1. The average Bonchev–Trinajstić information content (AvgIpc) is 1.98. The van der Waals surface area contributed by atoms with E-state index in [2.05, 4.69) is 4.74 Å². The molecule has 0 aliphatic carbocycles. The number of ketones is 1. The normalized spacial score (nSPS) is 18.2. The Kier molecular flexibility index (Phi) is 0.802. The number of ether oxygens (including phenoxy) is 1. The van der Waals surface area contributed by atoms with Crippen LogP contribution in [0.15, 0.2) is 12.0 Å². The number of hydrogen-bond donors (Lipinski definition) is 1. The number of hydrogen-bond acceptors (Lipinski definition) is 4. The van der Waals surface area contributed by atoms with Gasteiger partial charge >= 0.3 is 5.97 Å². The van der Waals surface area contributed by atoms with E-state index in [1.807, 2.05) is 0 Å². The van der Waals surface area contributed by atoms with E-state index in [-0.39, 0.29) is 5.70 Å². The lowest BCUT2D eigenvalue weighted by atomic mass is 10.4. The fourth-order valence-corrected chi connectivity index (χ4v) is 0.342. The van der Waals surface area contributed by atoms with Crippen LogP contribution in [-0.2, 0) is 14.3 Å². The van der Waals surface area contributed by atoms with Gasteiger partial charge in [-0.15, -0.1) is 0 Å². The molecule has 1 aliphatic rings. The number of esters is 1. The lowest BCUT2D eigenvalue weighted by molar-refractivity contribution is -0.145. The Morgan fingerprint density at radius 1 is 1.50 bits per heavy atom. The summed E-state index contributed by atoms with van der Waals surface area (Å²) in [6, 6.07) is 0. The first-order chi connectivity index (χ1) is 3.72. The van der Waals surface area contributed by atoms with Gasteiger partial charge in [-0.2, -0.15) is 0 Å². The maximum absolute atomic E-state index is 10.2. The maximum Gasteiger partial charge on any atom is 0.386 e. The summed E-state index contributed by atoms with van der Waals surface area (Å²) in [6.45, 7) is 0. The molecule has 1 heterocycles. The van der Waals surface area contributed by atoms with E-state index in [0.717, 1.165) is 6.26 Å². The zero-order chi connectivity index (χ0) is 6.15. The highest BCUT2D eigenvalue weighted by atomic mass is 16.5. The molecule has 0 saturated carbocycles. The summed E-state index contributed by atoms with van der Waals surface area (Å²) in [7, 11) is 0. The van der Waals surface area contributed by atoms with E-state index in [4.69, 9.17) is 5.73 Å². The molecule has 0 amide bonds. The number of rotatable bonds is 0. The standard InChI is InChI=1S/C4H3NO3/c5-2-1-8-4(7)3(2)6/h1H,5H2. The lowest BCUT2D eigenvalue weighted by Crippen LogP contribution is -2.14. The molecule has 0 bridgehead atoms. The SMILES string of the molecule is NC1=COC(=O)C1=O. The van der Waals surface area contributed by atoms with Gasteiger partial charge in [-0.25, -0.2) is 4.79 Å². The van der Waals surface area contributed by atoms with Crippen molar-refractivity contribution in [2.45, 2.75) is 0 Å². The van der Waals surface area contributed by atoms with Crippen molar-refractivity contribution in [2.75, 3.05) is 0 Å². The monoisotopic (exact) mass is 113 g/mol. The van der Waals surface area contributed by atoms with Crippen molar-refractivity contribution in [3.05, 3.63) is 12.0 Å². The van der Waals surface area contributed by atoms with Crippen LogP contribution in [-0.4, -0.2) is 11.8 Å². The van der Waals surface area contributed by atoms with Gasteiger partial charge in [0, 0.05) is 0 Å². The second kappa shape index (κ2) is 1.33. The minimum atomic E-state index is -0.900. The van der Waals surface area contributed by atoms with Gasteiger partial charge in [0.1, 0.15) is 12.0 Å². The first-order valence-electron chi connectivity index (χ1n) is 1.93. The van der Waals surface area contributed by atoms with Crippen LogP contribution >= 0.6 is 0 Å². The summed E-state index contributed by atoms with van der Waals surface area (Å²) in [4.78, 5) is 20.3. The predicted octanol–water partition coefficient (Wildman–Crippen LogP) is -1.09. The molecule has 1 rings (SSSR count). The zero-order valence-electron chi connectivity index (χ0n) is 3.88. The molecule has 0 saturated heterocycles. The van der Waals surface area contributed by atoms with Crippen molar-refractivity contribution in [1.82, 2.24) is 0 Å². The van der Waals surface area contributed by atoms with E-state index < -0.39 is 11.8 Å². The summed E-state index contributed by atoms with van der Waals surface area (Å²) < 4.78 is 4.10. The van der Waals surface area contributed by atoms with E-state index in [9.17, 15) is 9.59 Å².